The van der Waals surface area contributed by atoms with Crippen molar-refractivity contribution in [2.45, 2.75) is 90.1 Å². The molecule has 1 unspecified atom stereocenters. The summed E-state index contributed by atoms with van der Waals surface area (Å²) in [4.78, 5) is 29.2. The number of hydrogen-bond acceptors (Lipinski definition) is 6. The van der Waals surface area contributed by atoms with E-state index in [2.05, 4.69) is 5.16 Å². The van der Waals surface area contributed by atoms with Crippen LogP contribution in [0.5, 0.6) is 5.75 Å². The molecule has 1 aliphatic rings. The zero-order chi connectivity index (χ0) is 22.3. The largest absolute Gasteiger partial charge is 0.477 e. The van der Waals surface area contributed by atoms with Crippen LogP contribution >= 0.6 is 11.6 Å². The minimum atomic E-state index is -0.837. The molecule has 1 aliphatic heterocycles. The van der Waals surface area contributed by atoms with Crippen molar-refractivity contribution in [1.82, 2.24) is 0 Å². The Bertz CT molecular complexity index is 722. The molecule has 1 aromatic carbocycles. The predicted octanol–water partition coefficient (Wildman–Crippen LogP) is 6.24. The number of carbonyl (C=O) groups excluding carboxylic acids is 2. The number of para-hydroxylation sites is 1. The minimum Gasteiger partial charge on any atom is -0.477 e. The molecule has 31 heavy (non-hydrogen) atoms. The zero-order valence-corrected chi connectivity index (χ0v) is 19.2. The minimum absolute atomic E-state index is 0.137. The van der Waals surface area contributed by atoms with E-state index < -0.39 is 12.1 Å². The molecule has 0 aromatic heterocycles. The Balaban J connectivity index is 1.87. The lowest BCUT2D eigenvalue weighted by atomic mass is 10.0. The Hall–Kier alpha value is -2.08. The van der Waals surface area contributed by atoms with Gasteiger partial charge in [-0.3, -0.25) is 4.79 Å². The van der Waals surface area contributed by atoms with Gasteiger partial charge in [0, 0.05) is 6.42 Å². The van der Waals surface area contributed by atoms with Crippen LogP contribution in [-0.2, 0) is 19.2 Å². The van der Waals surface area contributed by atoms with Crippen LogP contribution < -0.4 is 4.74 Å². The van der Waals surface area contributed by atoms with Gasteiger partial charge in [-0.25, -0.2) is 4.79 Å². The fourth-order valence-corrected chi connectivity index (χ4v) is 3.55. The Morgan fingerprint density at radius 1 is 0.968 bits per heavy atom. The zero-order valence-electron chi connectivity index (χ0n) is 18.4. The highest BCUT2D eigenvalue weighted by Gasteiger charge is 2.18. The first-order chi connectivity index (χ1) is 15.1. The standard InChI is InChI=1S/C24H34ClNO5/c1-19(30-22-16-11-10-15-21(22)25)24(28)31-26-20-13-8-6-4-2-3-5-7-9-17-23(27)29-18-12-14-20/h10-11,15-16,19H,2-9,12-14,17-18H2,1H3. The summed E-state index contributed by atoms with van der Waals surface area (Å²) in [5, 5.41) is 4.54. The molecule has 0 aliphatic carbocycles. The number of rotatable bonds is 4. The van der Waals surface area contributed by atoms with Crippen LogP contribution in [0, 0.1) is 0 Å². The summed E-state index contributed by atoms with van der Waals surface area (Å²) in [6.07, 6.45) is 10.6. The van der Waals surface area contributed by atoms with E-state index in [4.69, 9.17) is 25.9 Å². The maximum atomic E-state index is 12.3. The number of ether oxygens (including phenoxy) is 2. The van der Waals surface area contributed by atoms with Crippen molar-refractivity contribution in [2.75, 3.05) is 6.61 Å². The SMILES string of the molecule is CC(Oc1ccccc1Cl)C(=O)ON=C1CCCCCCCCCCC(=O)OCCC1. The van der Waals surface area contributed by atoms with Gasteiger partial charge in [0.25, 0.3) is 0 Å². The average Bonchev–Trinajstić information content (AvgIpc) is 2.76. The average molecular weight is 452 g/mol. The topological polar surface area (TPSA) is 74.2 Å². The normalized spacial score (nSPS) is 19.9. The molecule has 1 saturated heterocycles. The molecule has 1 atom stereocenters. The summed E-state index contributed by atoms with van der Waals surface area (Å²) in [5.41, 5.74) is 0.807. The lowest BCUT2D eigenvalue weighted by Crippen LogP contribution is -2.25. The fourth-order valence-electron chi connectivity index (χ4n) is 3.37. The van der Waals surface area contributed by atoms with Gasteiger partial charge >= 0.3 is 11.9 Å². The van der Waals surface area contributed by atoms with Gasteiger partial charge in [0.05, 0.1) is 17.3 Å². The van der Waals surface area contributed by atoms with Crippen molar-refractivity contribution < 1.29 is 23.9 Å². The Morgan fingerprint density at radius 2 is 1.58 bits per heavy atom. The summed E-state index contributed by atoms with van der Waals surface area (Å²) in [7, 11) is 0. The molecule has 0 spiro atoms. The molecule has 1 aromatic rings. The van der Waals surface area contributed by atoms with Crippen molar-refractivity contribution >= 4 is 29.3 Å². The summed E-state index contributed by atoms with van der Waals surface area (Å²) < 4.78 is 10.9. The third kappa shape index (κ3) is 10.7. The number of hydrogen-bond donors (Lipinski definition) is 0. The Kier molecular flexibility index (Phi) is 12.1. The van der Waals surface area contributed by atoms with Gasteiger partial charge in [-0.1, -0.05) is 67.4 Å². The van der Waals surface area contributed by atoms with E-state index in [1.807, 2.05) is 0 Å². The van der Waals surface area contributed by atoms with E-state index in [0.717, 1.165) is 37.8 Å². The molecule has 6 nitrogen and oxygen atoms in total. The number of carbonyl (C=O) groups is 2. The molecule has 0 saturated carbocycles. The van der Waals surface area contributed by atoms with Crippen molar-refractivity contribution in [3.63, 3.8) is 0 Å². The first-order valence-electron chi connectivity index (χ1n) is 11.4. The van der Waals surface area contributed by atoms with Crippen LogP contribution in [0.1, 0.15) is 84.0 Å². The van der Waals surface area contributed by atoms with Crippen LogP contribution in [0.25, 0.3) is 0 Å². The van der Waals surface area contributed by atoms with Gasteiger partial charge in [0.1, 0.15) is 5.75 Å². The summed E-state index contributed by atoms with van der Waals surface area (Å²) in [5.74, 6) is -0.290. The quantitative estimate of drug-likeness (QED) is 0.307. The first kappa shape index (κ1) is 25.2. The van der Waals surface area contributed by atoms with E-state index in [-0.39, 0.29) is 5.97 Å². The molecule has 172 valence electrons. The summed E-state index contributed by atoms with van der Waals surface area (Å²) in [6.45, 7) is 1.96. The van der Waals surface area contributed by atoms with Gasteiger partial charge in [0.15, 0.2) is 6.10 Å². The molecule has 1 fully saturated rings. The van der Waals surface area contributed by atoms with E-state index in [9.17, 15) is 9.59 Å². The number of esters is 1. The van der Waals surface area contributed by atoms with E-state index in [1.165, 1.54) is 25.7 Å². The van der Waals surface area contributed by atoms with Gasteiger partial charge in [-0.05, 0) is 51.2 Å². The van der Waals surface area contributed by atoms with Crippen LogP contribution in [0.2, 0.25) is 5.02 Å². The van der Waals surface area contributed by atoms with E-state index in [1.54, 1.807) is 31.2 Å². The number of oxime groups is 1. The van der Waals surface area contributed by atoms with Crippen LogP contribution in [0.3, 0.4) is 0 Å². The van der Waals surface area contributed by atoms with E-state index >= 15 is 0 Å². The number of benzene rings is 1. The molecule has 1 heterocycles. The van der Waals surface area contributed by atoms with Crippen LogP contribution in [-0.4, -0.2) is 30.4 Å². The second-order valence-electron chi connectivity index (χ2n) is 7.91. The third-order valence-corrected chi connectivity index (χ3v) is 5.52. The number of cyclic esters (lactones) is 1. The number of nitrogens with zero attached hydrogens (tertiary/aromatic N) is 1. The molecule has 0 N–H and O–H groups in total. The molecule has 7 heteroatoms. The summed E-state index contributed by atoms with van der Waals surface area (Å²) >= 11 is 6.07. The maximum absolute atomic E-state index is 12.3. The first-order valence-corrected chi connectivity index (χ1v) is 11.8. The molecule has 2 rings (SSSR count). The molecule has 0 amide bonds. The van der Waals surface area contributed by atoms with Crippen LogP contribution in [0.4, 0.5) is 0 Å². The highest BCUT2D eigenvalue weighted by Crippen LogP contribution is 2.24. The molecular formula is C24H34ClNO5. The van der Waals surface area contributed by atoms with Gasteiger partial charge in [-0.15, -0.1) is 0 Å². The Morgan fingerprint density at radius 3 is 2.29 bits per heavy atom. The van der Waals surface area contributed by atoms with Gasteiger partial charge in [-0.2, -0.15) is 0 Å². The van der Waals surface area contributed by atoms with Gasteiger partial charge in [0.2, 0.25) is 0 Å². The maximum Gasteiger partial charge on any atom is 0.374 e. The second-order valence-corrected chi connectivity index (χ2v) is 8.32. The van der Waals surface area contributed by atoms with Crippen molar-refractivity contribution in [3.8, 4) is 5.75 Å². The summed E-state index contributed by atoms with van der Waals surface area (Å²) in [6, 6.07) is 6.96. The predicted molar refractivity (Wildman–Crippen MR) is 121 cm³/mol. The number of halogens is 1. The van der Waals surface area contributed by atoms with E-state index in [0.29, 0.717) is 36.6 Å². The van der Waals surface area contributed by atoms with Gasteiger partial charge < -0.3 is 14.3 Å². The molecular weight excluding hydrogens is 418 g/mol. The Labute approximate surface area is 190 Å². The van der Waals surface area contributed by atoms with Crippen molar-refractivity contribution in [3.05, 3.63) is 29.3 Å². The monoisotopic (exact) mass is 451 g/mol. The second kappa shape index (κ2) is 14.8. The molecule has 0 bridgehead atoms. The molecule has 0 radical (unpaired) electrons. The fraction of sp³-hybridized carbons (Fsp3) is 0.625. The van der Waals surface area contributed by atoms with Crippen molar-refractivity contribution in [2.24, 2.45) is 5.16 Å². The van der Waals surface area contributed by atoms with Crippen LogP contribution in [0.15, 0.2) is 29.4 Å². The highest BCUT2D eigenvalue weighted by molar-refractivity contribution is 6.32. The van der Waals surface area contributed by atoms with Crippen molar-refractivity contribution in [1.29, 1.82) is 0 Å². The third-order valence-electron chi connectivity index (χ3n) is 5.21. The lowest BCUT2D eigenvalue weighted by Gasteiger charge is -2.13. The smallest absolute Gasteiger partial charge is 0.374 e. The highest BCUT2D eigenvalue weighted by atomic mass is 35.5. The lowest BCUT2D eigenvalue weighted by molar-refractivity contribution is -0.151.